The first-order valence-corrected chi connectivity index (χ1v) is 5.96. The fraction of sp³-hybridized carbons (Fsp3) is 0.111. The molecule has 2 heterocycles. The van der Waals surface area contributed by atoms with E-state index in [0.717, 1.165) is 14.2 Å². The van der Waals surface area contributed by atoms with E-state index in [4.69, 9.17) is 5.11 Å². The van der Waals surface area contributed by atoms with Crippen LogP contribution >= 0.6 is 23.1 Å². The summed E-state index contributed by atoms with van der Waals surface area (Å²) in [5.74, 6) is -1.02. The number of aromatic carboxylic acids is 1. The van der Waals surface area contributed by atoms with Gasteiger partial charge in [-0.1, -0.05) is 23.1 Å². The van der Waals surface area contributed by atoms with Crippen molar-refractivity contribution < 1.29 is 9.90 Å². The Morgan fingerprint density at radius 1 is 1.44 bits per heavy atom. The summed E-state index contributed by atoms with van der Waals surface area (Å²) >= 11 is 2.91. The maximum absolute atomic E-state index is 10.6. The third-order valence-corrected chi connectivity index (χ3v) is 3.53. The van der Waals surface area contributed by atoms with Crippen molar-refractivity contribution in [1.29, 1.82) is 0 Å². The Labute approximate surface area is 99.6 Å². The predicted molar refractivity (Wildman–Crippen MR) is 60.0 cm³/mol. The highest BCUT2D eigenvalue weighted by molar-refractivity contribution is 8.01. The second kappa shape index (κ2) is 4.58. The standard InChI is InChI=1S/C9H7N3O2S2/c1-5-11-12-9(15-5)16-6-2-3-7(8(13)14)10-4-6/h2-4H,1H3,(H,13,14). The molecule has 2 rings (SSSR count). The predicted octanol–water partition coefficient (Wildman–Crippen LogP) is 2.09. The van der Waals surface area contributed by atoms with Gasteiger partial charge in [0.1, 0.15) is 10.7 Å². The van der Waals surface area contributed by atoms with Crippen LogP contribution in [0.5, 0.6) is 0 Å². The number of hydrogen-bond donors (Lipinski definition) is 1. The van der Waals surface area contributed by atoms with Gasteiger partial charge in [-0.05, 0) is 19.1 Å². The van der Waals surface area contributed by atoms with E-state index in [1.807, 2.05) is 6.92 Å². The highest BCUT2D eigenvalue weighted by atomic mass is 32.2. The topological polar surface area (TPSA) is 76.0 Å². The summed E-state index contributed by atoms with van der Waals surface area (Å²) in [6, 6.07) is 3.18. The van der Waals surface area contributed by atoms with Crippen LogP contribution in [0.15, 0.2) is 27.6 Å². The van der Waals surface area contributed by atoms with Crippen LogP contribution in [0, 0.1) is 6.92 Å². The normalized spacial score (nSPS) is 10.3. The van der Waals surface area contributed by atoms with Gasteiger partial charge in [0.25, 0.3) is 0 Å². The quantitative estimate of drug-likeness (QED) is 0.902. The lowest BCUT2D eigenvalue weighted by atomic mass is 10.4. The second-order valence-corrected chi connectivity index (χ2v) is 5.38. The maximum atomic E-state index is 10.6. The molecule has 0 aliphatic rings. The molecule has 0 aliphatic carbocycles. The Balaban J connectivity index is 2.14. The summed E-state index contributed by atoms with van der Waals surface area (Å²) in [5, 5.41) is 17.4. The van der Waals surface area contributed by atoms with Crippen LogP contribution < -0.4 is 0 Å². The molecule has 1 N–H and O–H groups in total. The van der Waals surface area contributed by atoms with Crippen molar-refractivity contribution in [1.82, 2.24) is 15.2 Å². The van der Waals surface area contributed by atoms with Crippen LogP contribution in [-0.4, -0.2) is 26.3 Å². The van der Waals surface area contributed by atoms with Crippen molar-refractivity contribution in [2.45, 2.75) is 16.2 Å². The molecule has 0 fully saturated rings. The van der Waals surface area contributed by atoms with Gasteiger partial charge in [0, 0.05) is 11.1 Å². The molecular weight excluding hydrogens is 246 g/mol. The third kappa shape index (κ3) is 2.56. The van der Waals surface area contributed by atoms with E-state index in [0.29, 0.717) is 0 Å². The van der Waals surface area contributed by atoms with E-state index in [9.17, 15) is 4.79 Å². The summed E-state index contributed by atoms with van der Waals surface area (Å²) in [4.78, 5) is 15.2. The average Bonchev–Trinajstić information content (AvgIpc) is 2.65. The summed E-state index contributed by atoms with van der Waals surface area (Å²) < 4.78 is 0.822. The zero-order valence-corrected chi connectivity index (χ0v) is 9.88. The molecular formula is C9H7N3O2S2. The fourth-order valence-electron chi connectivity index (χ4n) is 0.988. The number of carboxylic acid groups (broad SMARTS) is 1. The molecule has 2 aromatic rings. The van der Waals surface area contributed by atoms with Gasteiger partial charge in [-0.15, -0.1) is 10.2 Å². The number of carbonyl (C=O) groups is 1. The minimum atomic E-state index is -1.02. The highest BCUT2D eigenvalue weighted by Crippen LogP contribution is 2.29. The molecule has 0 atom stereocenters. The molecule has 0 spiro atoms. The summed E-state index contributed by atoms with van der Waals surface area (Å²) in [7, 11) is 0. The zero-order valence-electron chi connectivity index (χ0n) is 8.25. The zero-order chi connectivity index (χ0) is 11.5. The first-order chi connectivity index (χ1) is 7.65. The molecule has 0 saturated carbocycles. The van der Waals surface area contributed by atoms with Gasteiger partial charge in [0.15, 0.2) is 4.34 Å². The molecule has 0 radical (unpaired) electrons. The first-order valence-electron chi connectivity index (χ1n) is 4.32. The molecule has 2 aromatic heterocycles. The first kappa shape index (κ1) is 11.0. The van der Waals surface area contributed by atoms with Gasteiger partial charge in [-0.2, -0.15) is 0 Å². The van der Waals surface area contributed by atoms with Gasteiger partial charge in [-0.3, -0.25) is 0 Å². The molecule has 82 valence electrons. The van der Waals surface area contributed by atoms with Crippen LogP contribution in [0.3, 0.4) is 0 Å². The molecule has 0 aromatic carbocycles. The van der Waals surface area contributed by atoms with Crippen LogP contribution in [0.4, 0.5) is 0 Å². The van der Waals surface area contributed by atoms with E-state index < -0.39 is 5.97 Å². The smallest absolute Gasteiger partial charge is 0.354 e. The lowest BCUT2D eigenvalue weighted by molar-refractivity contribution is 0.0690. The van der Waals surface area contributed by atoms with E-state index in [1.165, 1.54) is 35.4 Å². The van der Waals surface area contributed by atoms with Crippen molar-refractivity contribution in [2.75, 3.05) is 0 Å². The summed E-state index contributed by atoms with van der Waals surface area (Å²) in [5.41, 5.74) is 0.0396. The highest BCUT2D eigenvalue weighted by Gasteiger charge is 2.06. The number of hydrogen-bond acceptors (Lipinski definition) is 6. The SMILES string of the molecule is Cc1nnc(Sc2ccc(C(=O)O)nc2)s1. The number of pyridine rings is 1. The summed E-state index contributed by atoms with van der Waals surface area (Å²) in [6.07, 6.45) is 1.52. The number of aromatic nitrogens is 3. The van der Waals surface area contributed by atoms with Crippen molar-refractivity contribution in [2.24, 2.45) is 0 Å². The van der Waals surface area contributed by atoms with E-state index in [1.54, 1.807) is 6.07 Å². The lowest BCUT2D eigenvalue weighted by Gasteiger charge is -1.96. The Kier molecular flexibility index (Phi) is 3.16. The van der Waals surface area contributed by atoms with Crippen molar-refractivity contribution in [3.05, 3.63) is 29.0 Å². The average molecular weight is 253 g/mol. The van der Waals surface area contributed by atoms with Crippen LogP contribution in [0.25, 0.3) is 0 Å². The van der Waals surface area contributed by atoms with Crippen LogP contribution in [0.2, 0.25) is 0 Å². The van der Waals surface area contributed by atoms with Crippen LogP contribution in [0.1, 0.15) is 15.5 Å². The molecule has 0 bridgehead atoms. The Morgan fingerprint density at radius 2 is 2.25 bits per heavy atom. The molecule has 0 unspecified atom stereocenters. The maximum Gasteiger partial charge on any atom is 0.354 e. The fourth-order valence-corrected chi connectivity index (χ4v) is 2.75. The van der Waals surface area contributed by atoms with Crippen molar-refractivity contribution >= 4 is 29.1 Å². The molecule has 0 aliphatic heterocycles. The van der Waals surface area contributed by atoms with Gasteiger partial charge < -0.3 is 5.11 Å². The van der Waals surface area contributed by atoms with Crippen molar-refractivity contribution in [3.8, 4) is 0 Å². The number of aryl methyl sites for hydroxylation is 1. The van der Waals surface area contributed by atoms with Crippen molar-refractivity contribution in [3.63, 3.8) is 0 Å². The molecule has 0 saturated heterocycles. The summed E-state index contributed by atoms with van der Waals surface area (Å²) in [6.45, 7) is 1.88. The van der Waals surface area contributed by atoms with Crippen LogP contribution in [-0.2, 0) is 0 Å². The third-order valence-electron chi connectivity index (χ3n) is 1.67. The molecule has 16 heavy (non-hydrogen) atoms. The Hall–Kier alpha value is -1.47. The Bertz CT molecular complexity index is 510. The number of rotatable bonds is 3. The minimum absolute atomic E-state index is 0.0396. The number of carboxylic acids is 1. The van der Waals surface area contributed by atoms with Gasteiger partial charge >= 0.3 is 5.97 Å². The van der Waals surface area contributed by atoms with Gasteiger partial charge in [0.05, 0.1) is 0 Å². The molecule has 7 heteroatoms. The monoisotopic (exact) mass is 253 g/mol. The molecule has 0 amide bonds. The largest absolute Gasteiger partial charge is 0.477 e. The van der Waals surface area contributed by atoms with E-state index >= 15 is 0 Å². The Morgan fingerprint density at radius 3 is 2.75 bits per heavy atom. The molecule has 5 nitrogen and oxygen atoms in total. The van der Waals surface area contributed by atoms with Gasteiger partial charge in [-0.25, -0.2) is 9.78 Å². The van der Waals surface area contributed by atoms with E-state index in [-0.39, 0.29) is 5.69 Å². The lowest BCUT2D eigenvalue weighted by Crippen LogP contribution is -1.98. The second-order valence-electron chi connectivity index (χ2n) is 2.87. The van der Waals surface area contributed by atoms with Gasteiger partial charge in [0.2, 0.25) is 0 Å². The number of nitrogens with zero attached hydrogens (tertiary/aromatic N) is 3. The van der Waals surface area contributed by atoms with E-state index in [2.05, 4.69) is 15.2 Å². The minimum Gasteiger partial charge on any atom is -0.477 e.